The maximum Gasteiger partial charge on any atom is 0.322 e. The predicted octanol–water partition coefficient (Wildman–Crippen LogP) is 1.03. The molecule has 0 saturated heterocycles. The first kappa shape index (κ1) is 11.2. The summed E-state index contributed by atoms with van der Waals surface area (Å²) >= 11 is 0. The van der Waals surface area contributed by atoms with Gasteiger partial charge in [-0.25, -0.2) is 0 Å². The van der Waals surface area contributed by atoms with Crippen LogP contribution in [0.1, 0.15) is 23.3 Å². The molecule has 0 unspecified atom stereocenters. The minimum Gasteiger partial charge on any atom is -0.408 e. The number of anilines is 2. The molecule has 7 nitrogen and oxygen atoms in total. The van der Waals surface area contributed by atoms with Gasteiger partial charge in [-0.3, -0.25) is 10.1 Å². The van der Waals surface area contributed by atoms with Crippen LogP contribution >= 0.6 is 0 Å². The van der Waals surface area contributed by atoms with Gasteiger partial charge in [-0.05, 0) is 13.0 Å². The first-order chi connectivity index (χ1) is 8.10. The molecule has 0 aliphatic carbocycles. The van der Waals surface area contributed by atoms with Gasteiger partial charge in [0.25, 0.3) is 5.91 Å². The largest absolute Gasteiger partial charge is 0.408 e. The molecule has 2 aromatic rings. The monoisotopic (exact) mass is 235 g/mol. The highest BCUT2D eigenvalue weighted by molar-refractivity contribution is 6.02. The molecule has 2 rings (SSSR count). The third kappa shape index (κ3) is 2.27. The molecule has 0 spiro atoms. The number of hydrogen-bond donors (Lipinski definition) is 2. The molecule has 0 aliphatic heterocycles. The van der Waals surface area contributed by atoms with Crippen molar-refractivity contribution >= 4 is 17.6 Å². The Morgan fingerprint density at radius 3 is 2.94 bits per heavy atom. The van der Waals surface area contributed by atoms with Crippen molar-refractivity contribution in [2.45, 2.75) is 20.4 Å². The van der Waals surface area contributed by atoms with E-state index in [1.54, 1.807) is 23.8 Å². The minimum absolute atomic E-state index is 0.0786. The van der Waals surface area contributed by atoms with Crippen molar-refractivity contribution in [1.82, 2.24) is 14.8 Å². The number of nitrogens with zero attached hydrogens (tertiary/aromatic N) is 3. The van der Waals surface area contributed by atoms with Crippen LogP contribution in [-0.4, -0.2) is 20.7 Å². The van der Waals surface area contributed by atoms with Crippen LogP contribution < -0.4 is 11.1 Å². The average molecular weight is 235 g/mol. The number of carbonyl (C=O) groups excluding carboxylic acids is 1. The van der Waals surface area contributed by atoms with Gasteiger partial charge in [-0.1, -0.05) is 5.10 Å². The summed E-state index contributed by atoms with van der Waals surface area (Å²) in [4.78, 5) is 11.9. The highest BCUT2D eigenvalue weighted by Gasteiger charge is 2.14. The highest BCUT2D eigenvalue weighted by atomic mass is 16.4. The standard InChI is InChI=1S/C10H13N5O2/c1-3-15-5-7(11)4-8(15)9(16)12-10-14-13-6(2)17-10/h4-5H,3,11H2,1-2H3,(H,12,14,16). The Hall–Kier alpha value is -2.31. The lowest BCUT2D eigenvalue weighted by molar-refractivity contribution is 0.101. The molecule has 0 bridgehead atoms. The van der Waals surface area contributed by atoms with Crippen LogP contribution in [0.2, 0.25) is 0 Å². The lowest BCUT2D eigenvalue weighted by Crippen LogP contribution is -2.16. The topological polar surface area (TPSA) is 99.0 Å². The summed E-state index contributed by atoms with van der Waals surface area (Å²) in [6.07, 6.45) is 1.70. The van der Waals surface area contributed by atoms with Crippen molar-refractivity contribution < 1.29 is 9.21 Å². The SMILES string of the molecule is CCn1cc(N)cc1C(=O)Nc1nnc(C)o1. The molecule has 17 heavy (non-hydrogen) atoms. The van der Waals surface area contributed by atoms with Gasteiger partial charge in [0, 0.05) is 19.7 Å². The maximum absolute atomic E-state index is 11.9. The van der Waals surface area contributed by atoms with Crippen molar-refractivity contribution in [3.63, 3.8) is 0 Å². The van der Waals surface area contributed by atoms with Gasteiger partial charge in [0.05, 0.1) is 5.69 Å². The Bertz CT molecular complexity index is 543. The zero-order valence-electron chi connectivity index (χ0n) is 9.60. The predicted molar refractivity (Wildman–Crippen MR) is 61.5 cm³/mol. The first-order valence-electron chi connectivity index (χ1n) is 5.17. The second kappa shape index (κ2) is 4.28. The van der Waals surface area contributed by atoms with E-state index >= 15 is 0 Å². The van der Waals surface area contributed by atoms with Gasteiger partial charge in [0.2, 0.25) is 5.89 Å². The normalized spacial score (nSPS) is 10.5. The molecule has 0 radical (unpaired) electrons. The number of nitrogens with one attached hydrogen (secondary N) is 1. The molecule has 0 aliphatic rings. The van der Waals surface area contributed by atoms with Gasteiger partial charge in [-0.15, -0.1) is 5.10 Å². The fourth-order valence-electron chi connectivity index (χ4n) is 1.49. The zero-order valence-corrected chi connectivity index (χ0v) is 9.60. The smallest absolute Gasteiger partial charge is 0.322 e. The van der Waals surface area contributed by atoms with Gasteiger partial charge in [0.1, 0.15) is 5.69 Å². The summed E-state index contributed by atoms with van der Waals surface area (Å²) in [5.41, 5.74) is 6.64. The number of hydrogen-bond acceptors (Lipinski definition) is 5. The second-order valence-corrected chi connectivity index (χ2v) is 3.53. The Morgan fingerprint density at radius 2 is 2.35 bits per heavy atom. The van der Waals surface area contributed by atoms with Crippen LogP contribution in [0.5, 0.6) is 0 Å². The fraction of sp³-hybridized carbons (Fsp3) is 0.300. The Labute approximate surface area is 97.6 Å². The number of nitrogen functional groups attached to an aromatic ring is 1. The third-order valence-corrected chi connectivity index (χ3v) is 2.24. The number of aromatic nitrogens is 3. The lowest BCUT2D eigenvalue weighted by atomic mass is 10.4. The molecule has 0 aromatic carbocycles. The zero-order chi connectivity index (χ0) is 12.4. The molecule has 1 amide bonds. The lowest BCUT2D eigenvalue weighted by Gasteiger charge is -2.04. The third-order valence-electron chi connectivity index (χ3n) is 2.24. The molecule has 0 saturated carbocycles. The van der Waals surface area contributed by atoms with E-state index in [4.69, 9.17) is 10.2 Å². The van der Waals surface area contributed by atoms with Crippen LogP contribution in [0.15, 0.2) is 16.7 Å². The van der Waals surface area contributed by atoms with E-state index in [2.05, 4.69) is 15.5 Å². The van der Waals surface area contributed by atoms with E-state index in [1.807, 2.05) is 6.92 Å². The van der Waals surface area contributed by atoms with E-state index in [9.17, 15) is 4.79 Å². The molecular weight excluding hydrogens is 222 g/mol. The summed E-state index contributed by atoms with van der Waals surface area (Å²) < 4.78 is 6.81. The Morgan fingerprint density at radius 1 is 1.59 bits per heavy atom. The first-order valence-corrected chi connectivity index (χ1v) is 5.17. The number of carbonyl (C=O) groups is 1. The summed E-state index contributed by atoms with van der Waals surface area (Å²) in [6.45, 7) is 4.23. The Balaban J connectivity index is 2.19. The van der Waals surface area contributed by atoms with Crippen molar-refractivity contribution in [1.29, 1.82) is 0 Å². The Kier molecular flexibility index (Phi) is 2.82. The molecule has 0 fully saturated rings. The van der Waals surface area contributed by atoms with Crippen molar-refractivity contribution in [2.24, 2.45) is 0 Å². The van der Waals surface area contributed by atoms with E-state index in [-0.39, 0.29) is 11.9 Å². The molecule has 0 atom stereocenters. The van der Waals surface area contributed by atoms with E-state index in [0.29, 0.717) is 23.8 Å². The van der Waals surface area contributed by atoms with Crippen molar-refractivity contribution in [2.75, 3.05) is 11.1 Å². The fourth-order valence-corrected chi connectivity index (χ4v) is 1.49. The molecule has 90 valence electrons. The number of aryl methyl sites for hydroxylation is 2. The number of amides is 1. The van der Waals surface area contributed by atoms with E-state index < -0.39 is 0 Å². The number of nitrogens with two attached hydrogens (primary N) is 1. The van der Waals surface area contributed by atoms with Gasteiger partial charge in [-0.2, -0.15) is 0 Å². The molecular formula is C10H13N5O2. The van der Waals surface area contributed by atoms with Crippen LogP contribution in [0.4, 0.5) is 11.7 Å². The molecule has 2 heterocycles. The number of rotatable bonds is 3. The van der Waals surface area contributed by atoms with Gasteiger partial charge < -0.3 is 14.7 Å². The maximum atomic E-state index is 11.9. The quantitative estimate of drug-likeness (QED) is 0.827. The molecule has 3 N–H and O–H groups in total. The van der Waals surface area contributed by atoms with Crippen LogP contribution in [0.25, 0.3) is 0 Å². The summed E-state index contributed by atoms with van der Waals surface area (Å²) in [5, 5.41) is 9.81. The second-order valence-electron chi connectivity index (χ2n) is 3.53. The highest BCUT2D eigenvalue weighted by Crippen LogP contribution is 2.13. The van der Waals surface area contributed by atoms with Crippen LogP contribution in [0.3, 0.4) is 0 Å². The van der Waals surface area contributed by atoms with Crippen molar-refractivity contribution in [3.8, 4) is 0 Å². The summed E-state index contributed by atoms with van der Waals surface area (Å²) in [5.74, 6) is 0.0675. The van der Waals surface area contributed by atoms with Crippen LogP contribution in [0, 0.1) is 6.92 Å². The molecule has 7 heteroatoms. The summed E-state index contributed by atoms with van der Waals surface area (Å²) in [6, 6.07) is 1.68. The minimum atomic E-state index is -0.327. The van der Waals surface area contributed by atoms with Gasteiger partial charge >= 0.3 is 6.01 Å². The van der Waals surface area contributed by atoms with Gasteiger partial charge in [0.15, 0.2) is 0 Å². The average Bonchev–Trinajstić information content (AvgIpc) is 2.84. The van der Waals surface area contributed by atoms with Crippen molar-refractivity contribution in [3.05, 3.63) is 23.8 Å². The van der Waals surface area contributed by atoms with E-state index in [1.165, 1.54) is 0 Å². The van der Waals surface area contributed by atoms with E-state index in [0.717, 1.165) is 0 Å². The van der Waals surface area contributed by atoms with Crippen LogP contribution in [-0.2, 0) is 6.54 Å². The molecule has 2 aromatic heterocycles. The summed E-state index contributed by atoms with van der Waals surface area (Å²) in [7, 11) is 0.